The molecule has 2 heterocycles. The fourth-order valence-corrected chi connectivity index (χ4v) is 4.75. The second-order valence-corrected chi connectivity index (χ2v) is 8.91. The summed E-state index contributed by atoms with van der Waals surface area (Å²) in [5.41, 5.74) is 3.00. The fraction of sp³-hybridized carbons (Fsp3) is 0.455. The number of aromatic nitrogens is 2. The van der Waals surface area contributed by atoms with Gasteiger partial charge in [0.1, 0.15) is 11.5 Å². The Hall–Kier alpha value is -2.38. The molecule has 0 bridgehead atoms. The first kappa shape index (κ1) is 19.9. The van der Waals surface area contributed by atoms with E-state index in [9.17, 15) is 9.90 Å². The van der Waals surface area contributed by atoms with Crippen LogP contribution in [0.5, 0.6) is 5.88 Å². The third-order valence-electron chi connectivity index (χ3n) is 5.56. The van der Waals surface area contributed by atoms with Gasteiger partial charge in [-0.2, -0.15) is 0 Å². The predicted octanol–water partition coefficient (Wildman–Crippen LogP) is 4.73. The third kappa shape index (κ3) is 4.79. The number of hydrogen-bond donors (Lipinski definition) is 2. The molecule has 2 N–H and O–H groups in total. The zero-order valence-electron chi connectivity index (χ0n) is 16.7. The van der Waals surface area contributed by atoms with Crippen molar-refractivity contribution in [3.63, 3.8) is 0 Å². The van der Waals surface area contributed by atoms with E-state index in [1.54, 1.807) is 0 Å². The van der Waals surface area contributed by atoms with Crippen molar-refractivity contribution in [2.75, 3.05) is 0 Å². The van der Waals surface area contributed by atoms with Gasteiger partial charge in [-0.1, -0.05) is 35.5 Å². The largest absolute Gasteiger partial charge is 0.494 e. The van der Waals surface area contributed by atoms with E-state index < -0.39 is 0 Å². The van der Waals surface area contributed by atoms with Gasteiger partial charge in [0, 0.05) is 5.56 Å². The zero-order chi connectivity index (χ0) is 20.4. The van der Waals surface area contributed by atoms with Gasteiger partial charge in [0.2, 0.25) is 11.8 Å². The molecule has 3 aromatic rings. The molecule has 0 aliphatic heterocycles. The molecule has 1 aromatic carbocycles. The van der Waals surface area contributed by atoms with Crippen LogP contribution in [0, 0.1) is 19.8 Å². The van der Waals surface area contributed by atoms with Crippen molar-refractivity contribution in [3.8, 4) is 17.3 Å². The topological polar surface area (TPSA) is 88.3 Å². The molecule has 0 spiro atoms. The lowest BCUT2D eigenvalue weighted by Gasteiger charge is -2.28. The standard InChI is InChI=1S/C22H26N2O4S/c1-13-6-8-16(9-7-13)21-23-18(14(2)28-21)12-27-17-5-3-4-15(10-17)11-19-20(25)24-22(26)29-19/h6-9,15,17,25H,3-5,10-12H2,1-2H3,(H,24,26). The lowest BCUT2D eigenvalue weighted by molar-refractivity contribution is 0.000628. The summed E-state index contributed by atoms with van der Waals surface area (Å²) >= 11 is 1.10. The number of aromatic hydroxyl groups is 1. The first-order valence-electron chi connectivity index (χ1n) is 10.0. The first-order valence-corrected chi connectivity index (χ1v) is 10.9. The molecular formula is C22H26N2O4S. The van der Waals surface area contributed by atoms with Gasteiger partial charge in [0.15, 0.2) is 0 Å². The summed E-state index contributed by atoms with van der Waals surface area (Å²) in [6.07, 6.45) is 5.00. The second-order valence-electron chi connectivity index (χ2n) is 7.84. The number of ether oxygens (including phenoxy) is 1. The number of aryl methyl sites for hydroxylation is 2. The Balaban J connectivity index is 1.35. The van der Waals surface area contributed by atoms with E-state index in [2.05, 4.69) is 16.9 Å². The molecule has 2 unspecified atom stereocenters. The Morgan fingerprint density at radius 1 is 1.28 bits per heavy atom. The zero-order valence-corrected chi connectivity index (χ0v) is 17.6. The van der Waals surface area contributed by atoms with Crippen molar-refractivity contribution in [1.82, 2.24) is 9.97 Å². The maximum absolute atomic E-state index is 11.4. The number of H-pyrrole nitrogens is 1. The maximum atomic E-state index is 11.4. The molecule has 4 rings (SSSR count). The van der Waals surface area contributed by atoms with Crippen molar-refractivity contribution in [2.24, 2.45) is 5.92 Å². The first-order chi connectivity index (χ1) is 14.0. The highest BCUT2D eigenvalue weighted by Crippen LogP contribution is 2.32. The summed E-state index contributed by atoms with van der Waals surface area (Å²) in [4.78, 5) is 19.0. The SMILES string of the molecule is Cc1ccc(-c2nc(COC3CCCC(Cc4sc(=O)[nH]c4O)C3)c(C)o2)cc1. The summed E-state index contributed by atoms with van der Waals surface area (Å²) in [5.74, 6) is 1.84. The summed E-state index contributed by atoms with van der Waals surface area (Å²) < 4.78 is 12.0. The van der Waals surface area contributed by atoms with E-state index in [4.69, 9.17) is 9.15 Å². The highest BCUT2D eigenvalue weighted by Gasteiger charge is 2.25. The molecule has 6 nitrogen and oxygen atoms in total. The Bertz CT molecular complexity index is 1020. The van der Waals surface area contributed by atoms with Crippen LogP contribution in [0.2, 0.25) is 0 Å². The van der Waals surface area contributed by atoms with E-state index in [0.717, 1.165) is 65.3 Å². The lowest BCUT2D eigenvalue weighted by atomic mass is 9.85. The van der Waals surface area contributed by atoms with Gasteiger partial charge >= 0.3 is 4.87 Å². The van der Waals surface area contributed by atoms with Gasteiger partial charge in [-0.3, -0.25) is 9.78 Å². The Kier molecular flexibility index (Phi) is 5.87. The van der Waals surface area contributed by atoms with Gasteiger partial charge in [-0.25, -0.2) is 4.98 Å². The Morgan fingerprint density at radius 2 is 2.07 bits per heavy atom. The van der Waals surface area contributed by atoms with Gasteiger partial charge in [0.25, 0.3) is 0 Å². The second kappa shape index (κ2) is 8.55. The van der Waals surface area contributed by atoms with Gasteiger partial charge in [-0.05, 0) is 57.6 Å². The van der Waals surface area contributed by atoms with Crippen molar-refractivity contribution < 1.29 is 14.3 Å². The molecule has 1 saturated carbocycles. The summed E-state index contributed by atoms with van der Waals surface area (Å²) in [6, 6.07) is 8.13. The lowest BCUT2D eigenvalue weighted by Crippen LogP contribution is -2.24. The minimum Gasteiger partial charge on any atom is -0.494 e. The van der Waals surface area contributed by atoms with Gasteiger partial charge in [-0.15, -0.1) is 0 Å². The number of thiazole rings is 1. The van der Waals surface area contributed by atoms with Crippen LogP contribution < -0.4 is 4.87 Å². The van der Waals surface area contributed by atoms with Crippen LogP contribution >= 0.6 is 11.3 Å². The van der Waals surface area contributed by atoms with Gasteiger partial charge in [0.05, 0.1) is 17.6 Å². The van der Waals surface area contributed by atoms with Crippen molar-refractivity contribution in [1.29, 1.82) is 0 Å². The molecule has 29 heavy (non-hydrogen) atoms. The fourth-order valence-electron chi connectivity index (χ4n) is 3.91. The highest BCUT2D eigenvalue weighted by atomic mass is 32.1. The van der Waals surface area contributed by atoms with Crippen LogP contribution in [0.4, 0.5) is 0 Å². The number of nitrogens with one attached hydrogen (secondary N) is 1. The smallest absolute Gasteiger partial charge is 0.307 e. The van der Waals surface area contributed by atoms with Crippen LogP contribution in [0.15, 0.2) is 33.5 Å². The quantitative estimate of drug-likeness (QED) is 0.609. The molecule has 2 atom stereocenters. The van der Waals surface area contributed by atoms with E-state index in [1.165, 1.54) is 5.56 Å². The molecular weight excluding hydrogens is 388 g/mol. The molecule has 2 aromatic heterocycles. The predicted molar refractivity (Wildman–Crippen MR) is 112 cm³/mol. The average molecular weight is 415 g/mol. The molecule has 1 aliphatic rings. The molecule has 154 valence electrons. The summed E-state index contributed by atoms with van der Waals surface area (Å²) in [7, 11) is 0. The maximum Gasteiger partial charge on any atom is 0.307 e. The molecule has 1 aliphatic carbocycles. The van der Waals surface area contributed by atoms with Gasteiger partial charge < -0.3 is 14.3 Å². The normalized spacial score (nSPS) is 19.5. The highest BCUT2D eigenvalue weighted by molar-refractivity contribution is 7.09. The summed E-state index contributed by atoms with van der Waals surface area (Å²) in [6.45, 7) is 4.41. The Labute approximate surface area is 173 Å². The molecule has 0 saturated heterocycles. The number of hydrogen-bond acceptors (Lipinski definition) is 6. The molecule has 1 fully saturated rings. The number of aromatic amines is 1. The minimum absolute atomic E-state index is 0.0184. The van der Waals surface area contributed by atoms with E-state index in [1.807, 2.05) is 31.2 Å². The number of benzene rings is 1. The number of nitrogens with zero attached hydrogens (tertiary/aromatic N) is 1. The van der Waals surface area contributed by atoms with Crippen LogP contribution in [0.3, 0.4) is 0 Å². The van der Waals surface area contributed by atoms with E-state index in [-0.39, 0.29) is 16.9 Å². The Morgan fingerprint density at radius 3 is 2.79 bits per heavy atom. The van der Waals surface area contributed by atoms with Crippen LogP contribution in [-0.4, -0.2) is 21.2 Å². The van der Waals surface area contributed by atoms with Crippen LogP contribution in [-0.2, 0) is 17.8 Å². The van der Waals surface area contributed by atoms with E-state index in [0.29, 0.717) is 18.4 Å². The van der Waals surface area contributed by atoms with Crippen molar-refractivity contribution >= 4 is 11.3 Å². The summed E-state index contributed by atoms with van der Waals surface area (Å²) in [5, 5.41) is 9.83. The molecule has 0 radical (unpaired) electrons. The van der Waals surface area contributed by atoms with Crippen molar-refractivity contribution in [3.05, 3.63) is 55.8 Å². The molecule has 0 amide bonds. The minimum atomic E-state index is -0.202. The molecule has 7 heteroatoms. The van der Waals surface area contributed by atoms with E-state index >= 15 is 0 Å². The third-order valence-corrected chi connectivity index (χ3v) is 6.45. The van der Waals surface area contributed by atoms with Crippen molar-refractivity contribution in [2.45, 2.75) is 58.7 Å². The van der Waals surface area contributed by atoms with Crippen LogP contribution in [0.25, 0.3) is 11.5 Å². The average Bonchev–Trinajstić information content (AvgIpc) is 3.22. The number of rotatable bonds is 6. The number of oxazole rings is 1. The monoisotopic (exact) mass is 414 g/mol. The van der Waals surface area contributed by atoms with Crippen LogP contribution in [0.1, 0.15) is 47.6 Å².